The first-order valence-electron chi connectivity index (χ1n) is 11.7. The monoisotopic (exact) mass is 464 g/mol. The summed E-state index contributed by atoms with van der Waals surface area (Å²) in [6, 6.07) is 33.9. The van der Waals surface area contributed by atoms with Gasteiger partial charge in [-0.05, 0) is 34.1 Å². The second kappa shape index (κ2) is 9.78. The van der Waals surface area contributed by atoms with Crippen LogP contribution in [0.5, 0.6) is 0 Å². The van der Waals surface area contributed by atoms with Crippen LogP contribution in [-0.2, 0) is 10.3 Å². The lowest BCUT2D eigenvalue weighted by molar-refractivity contribution is 0.292. The topological polar surface area (TPSA) is 34.0 Å². The van der Waals surface area contributed by atoms with Gasteiger partial charge in [-0.1, -0.05) is 105 Å². The maximum absolute atomic E-state index is 6.00. The molecule has 0 bridgehead atoms. The number of hydrogen-bond donors (Lipinski definition) is 0. The highest BCUT2D eigenvalue weighted by atomic mass is 32.1. The van der Waals surface area contributed by atoms with E-state index < -0.39 is 5.54 Å². The zero-order valence-corrected chi connectivity index (χ0v) is 20.3. The molecule has 0 saturated carbocycles. The molecular formula is C30H28N2OS. The summed E-state index contributed by atoms with van der Waals surface area (Å²) < 4.78 is 6.00. The van der Waals surface area contributed by atoms with Crippen LogP contribution in [-0.4, -0.2) is 24.8 Å². The lowest BCUT2D eigenvalue weighted by Crippen LogP contribution is -2.27. The fourth-order valence-electron chi connectivity index (χ4n) is 4.38. The van der Waals surface area contributed by atoms with Crippen molar-refractivity contribution in [3.8, 4) is 0 Å². The molecule has 2 heterocycles. The number of hydrogen-bond acceptors (Lipinski definition) is 4. The Kier molecular flexibility index (Phi) is 6.41. The van der Waals surface area contributed by atoms with Crippen LogP contribution < -0.4 is 0 Å². The minimum absolute atomic E-state index is 0.207. The summed E-state index contributed by atoms with van der Waals surface area (Å²) in [6.07, 6.45) is 1.99. The first-order chi connectivity index (χ1) is 16.7. The van der Waals surface area contributed by atoms with Gasteiger partial charge in [0.1, 0.15) is 12.1 Å². The Balaban J connectivity index is 1.66. The predicted octanol–water partition coefficient (Wildman–Crippen LogP) is 6.96. The first-order valence-corrected chi connectivity index (χ1v) is 12.6. The van der Waals surface area contributed by atoms with Crippen LogP contribution in [0.25, 0.3) is 0 Å². The Labute approximate surface area is 205 Å². The molecule has 170 valence electrons. The van der Waals surface area contributed by atoms with E-state index in [2.05, 4.69) is 98.1 Å². The summed E-state index contributed by atoms with van der Waals surface area (Å²) in [6.45, 7) is 5.01. The Bertz CT molecular complexity index is 1180. The van der Waals surface area contributed by atoms with Gasteiger partial charge in [-0.15, -0.1) is 11.3 Å². The zero-order valence-electron chi connectivity index (χ0n) is 19.5. The SMILES string of the molecule is CC(C)[C@H]1COC(c2sccc2C=NC(c2ccccc2)(c2ccccc2)c2ccccc2)=N1. The van der Waals surface area contributed by atoms with E-state index in [9.17, 15) is 0 Å². The standard InChI is InChI=1S/C30H28N2OS/c1-22(2)27-21-33-29(32-27)28-23(18-19-34-28)20-31-30(24-12-6-3-7-13-24,25-14-8-4-9-15-25)26-16-10-5-11-17-26/h3-20,22,27H,21H2,1-2H3/t27-/m1/s1. The summed E-state index contributed by atoms with van der Waals surface area (Å²) >= 11 is 1.65. The first kappa shape index (κ1) is 22.3. The Morgan fingerprint density at radius 1 is 0.853 bits per heavy atom. The highest BCUT2D eigenvalue weighted by Crippen LogP contribution is 2.40. The Morgan fingerprint density at radius 3 is 1.85 bits per heavy atom. The van der Waals surface area contributed by atoms with E-state index in [1.165, 1.54) is 0 Å². The number of thiophene rings is 1. The van der Waals surface area contributed by atoms with Crippen molar-refractivity contribution >= 4 is 23.4 Å². The van der Waals surface area contributed by atoms with Crippen molar-refractivity contribution in [2.75, 3.05) is 6.61 Å². The smallest absolute Gasteiger partial charge is 0.227 e. The Hall–Kier alpha value is -3.50. The third-order valence-corrected chi connectivity index (χ3v) is 7.22. The van der Waals surface area contributed by atoms with Gasteiger partial charge in [0.25, 0.3) is 0 Å². The van der Waals surface area contributed by atoms with Crippen molar-refractivity contribution in [2.45, 2.75) is 25.4 Å². The molecule has 34 heavy (non-hydrogen) atoms. The van der Waals surface area contributed by atoms with Crippen molar-refractivity contribution < 1.29 is 4.74 Å². The van der Waals surface area contributed by atoms with Crippen LogP contribution in [0.4, 0.5) is 0 Å². The quantitative estimate of drug-likeness (QED) is 0.215. The van der Waals surface area contributed by atoms with Crippen LogP contribution in [0.2, 0.25) is 0 Å². The molecule has 3 nitrogen and oxygen atoms in total. The van der Waals surface area contributed by atoms with Crippen LogP contribution in [0.3, 0.4) is 0 Å². The molecule has 0 spiro atoms. The molecule has 4 heteroatoms. The Morgan fingerprint density at radius 2 is 1.38 bits per heavy atom. The third-order valence-electron chi connectivity index (χ3n) is 6.31. The van der Waals surface area contributed by atoms with Crippen LogP contribution >= 0.6 is 11.3 Å². The normalized spacial score (nSPS) is 16.1. The van der Waals surface area contributed by atoms with Crippen molar-refractivity contribution in [3.63, 3.8) is 0 Å². The van der Waals surface area contributed by atoms with E-state index in [0.29, 0.717) is 12.5 Å². The predicted molar refractivity (Wildman–Crippen MR) is 142 cm³/mol. The van der Waals surface area contributed by atoms with Crippen LogP contribution in [0.15, 0.2) is 112 Å². The third kappa shape index (κ3) is 4.22. The van der Waals surface area contributed by atoms with E-state index in [1.54, 1.807) is 11.3 Å². The number of nitrogens with zero attached hydrogens (tertiary/aromatic N) is 2. The van der Waals surface area contributed by atoms with E-state index >= 15 is 0 Å². The van der Waals surface area contributed by atoms with Crippen molar-refractivity contribution in [3.05, 3.63) is 130 Å². The molecule has 1 atom stereocenters. The second-order valence-corrected chi connectivity index (χ2v) is 9.74. The molecule has 5 rings (SSSR count). The van der Waals surface area contributed by atoms with Crippen molar-refractivity contribution in [1.29, 1.82) is 0 Å². The van der Waals surface area contributed by atoms with Crippen molar-refractivity contribution in [1.82, 2.24) is 0 Å². The number of benzene rings is 3. The van der Waals surface area contributed by atoms with E-state index in [0.717, 1.165) is 33.0 Å². The summed E-state index contributed by atoms with van der Waals surface area (Å²) in [4.78, 5) is 11.3. The summed E-state index contributed by atoms with van der Waals surface area (Å²) in [5.41, 5.74) is 3.71. The molecule has 0 saturated heterocycles. The summed E-state index contributed by atoms with van der Waals surface area (Å²) in [7, 11) is 0. The molecule has 0 fully saturated rings. The number of ether oxygens (including phenoxy) is 1. The molecule has 1 aliphatic heterocycles. The molecule has 4 aromatic rings. The van der Waals surface area contributed by atoms with E-state index in [4.69, 9.17) is 14.7 Å². The van der Waals surface area contributed by atoms with Gasteiger partial charge in [0.2, 0.25) is 5.90 Å². The molecule has 0 aliphatic carbocycles. The van der Waals surface area contributed by atoms with Gasteiger partial charge >= 0.3 is 0 Å². The van der Waals surface area contributed by atoms with Crippen LogP contribution in [0.1, 0.15) is 41.0 Å². The van der Waals surface area contributed by atoms with Gasteiger partial charge in [0.15, 0.2) is 0 Å². The lowest BCUT2D eigenvalue weighted by atomic mass is 9.77. The van der Waals surface area contributed by atoms with Gasteiger partial charge in [0.05, 0.1) is 10.9 Å². The van der Waals surface area contributed by atoms with E-state index in [1.807, 2.05) is 24.4 Å². The summed E-state index contributed by atoms with van der Waals surface area (Å²) in [5.74, 6) is 1.19. The highest BCUT2D eigenvalue weighted by Gasteiger charge is 2.35. The summed E-state index contributed by atoms with van der Waals surface area (Å²) in [5, 5.41) is 2.08. The van der Waals surface area contributed by atoms with Gasteiger partial charge in [-0.25, -0.2) is 4.99 Å². The maximum Gasteiger partial charge on any atom is 0.227 e. The largest absolute Gasteiger partial charge is 0.475 e. The van der Waals surface area contributed by atoms with Gasteiger partial charge in [0, 0.05) is 11.8 Å². The molecule has 1 aromatic heterocycles. The fourth-order valence-corrected chi connectivity index (χ4v) is 5.20. The van der Waals surface area contributed by atoms with Crippen LogP contribution in [0, 0.1) is 5.92 Å². The maximum atomic E-state index is 6.00. The van der Waals surface area contributed by atoms with Gasteiger partial charge < -0.3 is 4.74 Å². The molecule has 0 unspecified atom stereocenters. The molecule has 0 radical (unpaired) electrons. The molecule has 0 N–H and O–H groups in total. The average Bonchev–Trinajstić information content (AvgIpc) is 3.56. The number of aliphatic imine (C=N–C) groups is 2. The minimum atomic E-state index is -0.679. The zero-order chi connectivity index (χ0) is 23.4. The molecule has 0 amide bonds. The minimum Gasteiger partial charge on any atom is -0.475 e. The molecular weight excluding hydrogens is 436 g/mol. The fraction of sp³-hybridized carbons (Fsp3) is 0.200. The lowest BCUT2D eigenvalue weighted by Gasteiger charge is -2.32. The van der Waals surface area contributed by atoms with Gasteiger partial charge in [-0.2, -0.15) is 0 Å². The van der Waals surface area contributed by atoms with Crippen molar-refractivity contribution in [2.24, 2.45) is 15.9 Å². The van der Waals surface area contributed by atoms with Gasteiger partial charge in [-0.3, -0.25) is 4.99 Å². The number of rotatable bonds is 7. The average molecular weight is 465 g/mol. The van der Waals surface area contributed by atoms with E-state index in [-0.39, 0.29) is 6.04 Å². The second-order valence-electron chi connectivity index (χ2n) is 8.83. The highest BCUT2D eigenvalue weighted by molar-refractivity contribution is 7.12. The molecule has 3 aromatic carbocycles. The molecule has 1 aliphatic rings.